The van der Waals surface area contributed by atoms with Crippen LogP contribution in [-0.2, 0) is 16.0 Å². The van der Waals surface area contributed by atoms with Gasteiger partial charge in [0.15, 0.2) is 0 Å². The molecule has 1 aromatic carbocycles. The Morgan fingerprint density at radius 2 is 2.12 bits per heavy atom. The van der Waals surface area contributed by atoms with Gasteiger partial charge in [0.25, 0.3) is 0 Å². The molecule has 16 heavy (non-hydrogen) atoms. The fraction of sp³-hybridized carbons (Fsp3) is 0.385. The molecule has 1 heterocycles. The van der Waals surface area contributed by atoms with Crippen molar-refractivity contribution < 1.29 is 9.59 Å². The Hall–Kier alpha value is -1.64. The first-order valence-corrected chi connectivity index (χ1v) is 5.56. The van der Waals surface area contributed by atoms with Crippen LogP contribution in [0.1, 0.15) is 25.3 Å². The smallest absolute Gasteiger partial charge is 0.231 e. The molecule has 0 radical (unpaired) electrons. The van der Waals surface area contributed by atoms with Gasteiger partial charge in [-0.1, -0.05) is 18.2 Å². The van der Waals surface area contributed by atoms with Crippen molar-refractivity contribution in [1.29, 1.82) is 0 Å². The summed E-state index contributed by atoms with van der Waals surface area (Å²) in [6, 6.07) is 7.84. The van der Waals surface area contributed by atoms with Gasteiger partial charge in [-0.2, -0.15) is 0 Å². The molecule has 0 spiro atoms. The lowest BCUT2D eigenvalue weighted by molar-refractivity contribution is -0.118. The third-order valence-corrected chi connectivity index (χ3v) is 2.84. The van der Waals surface area contributed by atoms with E-state index in [1.165, 1.54) is 0 Å². The van der Waals surface area contributed by atoms with E-state index in [2.05, 4.69) is 0 Å². The summed E-state index contributed by atoms with van der Waals surface area (Å²) in [7, 11) is 0. The zero-order valence-electron chi connectivity index (χ0n) is 9.40. The quantitative estimate of drug-likeness (QED) is 0.773. The molecule has 0 bridgehead atoms. The first-order valence-electron chi connectivity index (χ1n) is 5.56. The number of fused-ring (bicyclic) bond motifs is 1. The van der Waals surface area contributed by atoms with E-state index in [4.69, 9.17) is 0 Å². The SMILES string of the molecule is CC(=O)CCCN1C(=O)Cc2ccccc21. The predicted octanol–water partition coefficient (Wildman–Crippen LogP) is 1.94. The van der Waals surface area contributed by atoms with Crippen LogP contribution in [-0.4, -0.2) is 18.2 Å². The highest BCUT2D eigenvalue weighted by Gasteiger charge is 2.25. The van der Waals surface area contributed by atoms with Crippen LogP contribution in [0.15, 0.2) is 24.3 Å². The molecule has 0 aromatic heterocycles. The average molecular weight is 217 g/mol. The summed E-state index contributed by atoms with van der Waals surface area (Å²) < 4.78 is 0. The van der Waals surface area contributed by atoms with Crippen LogP contribution in [0.3, 0.4) is 0 Å². The Balaban J connectivity index is 2.05. The second-order valence-corrected chi connectivity index (χ2v) is 4.16. The van der Waals surface area contributed by atoms with Crippen LogP contribution < -0.4 is 4.90 Å². The van der Waals surface area contributed by atoms with Crippen molar-refractivity contribution in [3.63, 3.8) is 0 Å². The molecule has 1 aliphatic heterocycles. The summed E-state index contributed by atoms with van der Waals surface area (Å²) in [5.41, 5.74) is 2.10. The van der Waals surface area contributed by atoms with E-state index in [0.29, 0.717) is 19.4 Å². The molecule has 1 aromatic rings. The first kappa shape index (κ1) is 10.9. The molecule has 84 valence electrons. The Bertz CT molecular complexity index is 426. The minimum absolute atomic E-state index is 0.143. The minimum Gasteiger partial charge on any atom is -0.312 e. The number of amides is 1. The van der Waals surface area contributed by atoms with Crippen molar-refractivity contribution in [1.82, 2.24) is 0 Å². The number of carbonyl (C=O) groups is 2. The van der Waals surface area contributed by atoms with Gasteiger partial charge in [-0.25, -0.2) is 0 Å². The van der Waals surface area contributed by atoms with Crippen LogP contribution in [0.5, 0.6) is 0 Å². The fourth-order valence-corrected chi connectivity index (χ4v) is 2.05. The molecule has 0 atom stereocenters. The number of anilines is 1. The number of para-hydroxylation sites is 1. The topological polar surface area (TPSA) is 37.4 Å². The third kappa shape index (κ3) is 2.13. The lowest BCUT2D eigenvalue weighted by atomic mass is 10.2. The lowest BCUT2D eigenvalue weighted by Gasteiger charge is -2.16. The fourth-order valence-electron chi connectivity index (χ4n) is 2.05. The standard InChI is InChI=1S/C13H15NO2/c1-10(15)5-4-8-14-12-7-3-2-6-11(12)9-13(14)16/h2-3,6-7H,4-5,8-9H2,1H3. The van der Waals surface area contributed by atoms with Gasteiger partial charge in [0, 0.05) is 18.7 Å². The zero-order chi connectivity index (χ0) is 11.5. The highest BCUT2D eigenvalue weighted by atomic mass is 16.2. The summed E-state index contributed by atoms with van der Waals surface area (Å²) in [5, 5.41) is 0. The Kier molecular flexibility index (Phi) is 3.04. The van der Waals surface area contributed by atoms with Crippen molar-refractivity contribution in [3.8, 4) is 0 Å². The van der Waals surface area contributed by atoms with Crippen molar-refractivity contribution in [3.05, 3.63) is 29.8 Å². The maximum absolute atomic E-state index is 11.7. The number of carbonyl (C=O) groups excluding carboxylic acids is 2. The summed E-state index contributed by atoms with van der Waals surface area (Å²) in [6.07, 6.45) is 1.79. The van der Waals surface area contributed by atoms with Crippen LogP contribution in [0.4, 0.5) is 5.69 Å². The lowest BCUT2D eigenvalue weighted by Crippen LogP contribution is -2.27. The number of ketones is 1. The van der Waals surface area contributed by atoms with Crippen molar-refractivity contribution >= 4 is 17.4 Å². The van der Waals surface area contributed by atoms with Crippen LogP contribution in [0.2, 0.25) is 0 Å². The predicted molar refractivity (Wildman–Crippen MR) is 62.4 cm³/mol. The first-order chi connectivity index (χ1) is 7.68. The van der Waals surface area contributed by atoms with Gasteiger partial charge in [-0.15, -0.1) is 0 Å². The zero-order valence-corrected chi connectivity index (χ0v) is 9.40. The number of Topliss-reactive ketones (excluding diaryl/α,β-unsaturated/α-hetero) is 1. The molecule has 0 fully saturated rings. The Labute approximate surface area is 95.1 Å². The molecular weight excluding hydrogens is 202 g/mol. The molecule has 1 amide bonds. The van der Waals surface area contributed by atoms with E-state index in [9.17, 15) is 9.59 Å². The molecule has 3 nitrogen and oxygen atoms in total. The Morgan fingerprint density at radius 1 is 1.38 bits per heavy atom. The van der Waals surface area contributed by atoms with Crippen molar-refractivity contribution in [2.75, 3.05) is 11.4 Å². The van der Waals surface area contributed by atoms with Gasteiger partial charge in [0.1, 0.15) is 5.78 Å². The van der Waals surface area contributed by atoms with Crippen LogP contribution in [0, 0.1) is 0 Å². The van der Waals surface area contributed by atoms with Crippen molar-refractivity contribution in [2.45, 2.75) is 26.2 Å². The molecule has 0 saturated carbocycles. The Morgan fingerprint density at radius 3 is 2.88 bits per heavy atom. The molecule has 2 rings (SSSR count). The summed E-state index contributed by atoms with van der Waals surface area (Å²) in [5.74, 6) is 0.324. The van der Waals surface area contributed by atoms with E-state index >= 15 is 0 Å². The molecule has 0 N–H and O–H groups in total. The second kappa shape index (κ2) is 4.47. The third-order valence-electron chi connectivity index (χ3n) is 2.84. The van der Waals surface area contributed by atoms with Gasteiger partial charge < -0.3 is 9.69 Å². The largest absolute Gasteiger partial charge is 0.312 e. The van der Waals surface area contributed by atoms with E-state index in [1.54, 1.807) is 11.8 Å². The average Bonchev–Trinajstić information content (AvgIpc) is 2.55. The van der Waals surface area contributed by atoms with E-state index in [-0.39, 0.29) is 11.7 Å². The van der Waals surface area contributed by atoms with Crippen molar-refractivity contribution in [2.24, 2.45) is 0 Å². The maximum Gasteiger partial charge on any atom is 0.231 e. The normalized spacial score (nSPS) is 14.1. The number of rotatable bonds is 4. The van der Waals surface area contributed by atoms with Gasteiger partial charge in [-0.05, 0) is 25.0 Å². The number of benzene rings is 1. The number of hydrogen-bond acceptors (Lipinski definition) is 2. The van der Waals surface area contributed by atoms with Crippen LogP contribution in [0.25, 0.3) is 0 Å². The highest BCUT2D eigenvalue weighted by molar-refractivity contribution is 6.01. The van der Waals surface area contributed by atoms with Gasteiger partial charge in [-0.3, -0.25) is 4.79 Å². The summed E-state index contributed by atoms with van der Waals surface area (Å²) in [4.78, 5) is 24.4. The molecular formula is C13H15NO2. The van der Waals surface area contributed by atoms with E-state index in [0.717, 1.165) is 17.7 Å². The summed E-state index contributed by atoms with van der Waals surface area (Å²) >= 11 is 0. The molecule has 1 aliphatic rings. The second-order valence-electron chi connectivity index (χ2n) is 4.16. The summed E-state index contributed by atoms with van der Waals surface area (Å²) in [6.45, 7) is 2.23. The highest BCUT2D eigenvalue weighted by Crippen LogP contribution is 2.28. The maximum atomic E-state index is 11.7. The van der Waals surface area contributed by atoms with Crippen LogP contribution >= 0.6 is 0 Å². The monoisotopic (exact) mass is 217 g/mol. The molecule has 3 heteroatoms. The molecule has 0 saturated heterocycles. The molecule has 0 unspecified atom stereocenters. The van der Waals surface area contributed by atoms with E-state index in [1.807, 2.05) is 24.3 Å². The van der Waals surface area contributed by atoms with E-state index < -0.39 is 0 Å². The van der Waals surface area contributed by atoms with Gasteiger partial charge >= 0.3 is 0 Å². The molecule has 0 aliphatic carbocycles. The number of hydrogen-bond donors (Lipinski definition) is 0. The van der Waals surface area contributed by atoms with Gasteiger partial charge in [0.05, 0.1) is 6.42 Å². The van der Waals surface area contributed by atoms with Gasteiger partial charge in [0.2, 0.25) is 5.91 Å². The number of nitrogens with zero attached hydrogens (tertiary/aromatic N) is 1. The minimum atomic E-state index is 0.143.